The van der Waals surface area contributed by atoms with Crippen molar-refractivity contribution < 1.29 is 14.2 Å². The normalized spacial score (nSPS) is 24.8. The van der Waals surface area contributed by atoms with E-state index in [0.29, 0.717) is 6.61 Å². The fourth-order valence-electron chi connectivity index (χ4n) is 2.71. The zero-order chi connectivity index (χ0) is 13.3. The Bertz CT molecular complexity index is 451. The molecular weight excluding hydrogens is 242 g/mol. The van der Waals surface area contributed by atoms with Gasteiger partial charge in [0.1, 0.15) is 6.10 Å². The van der Waals surface area contributed by atoms with Crippen molar-refractivity contribution in [1.29, 1.82) is 0 Å². The molecule has 4 nitrogen and oxygen atoms in total. The van der Waals surface area contributed by atoms with Gasteiger partial charge in [0.25, 0.3) is 0 Å². The van der Waals surface area contributed by atoms with Gasteiger partial charge >= 0.3 is 0 Å². The first-order valence-corrected chi connectivity index (χ1v) is 6.93. The van der Waals surface area contributed by atoms with Crippen LogP contribution in [0, 0.1) is 0 Å². The lowest BCUT2D eigenvalue weighted by molar-refractivity contribution is 0.138. The average Bonchev–Trinajstić information content (AvgIpc) is 2.89. The molecule has 1 saturated carbocycles. The standard InChI is InChI=1S/C15H21NO3/c1-17-14-9-11(15(16)6-2-7-15)3-4-13(14)19-12-5-8-18-10-12/h3-4,9,12H,2,5-8,10,16H2,1H3. The summed E-state index contributed by atoms with van der Waals surface area (Å²) in [5.74, 6) is 1.55. The Morgan fingerprint density at radius 3 is 2.74 bits per heavy atom. The molecule has 19 heavy (non-hydrogen) atoms. The van der Waals surface area contributed by atoms with Crippen LogP contribution in [-0.4, -0.2) is 26.4 Å². The number of benzene rings is 1. The van der Waals surface area contributed by atoms with Crippen LogP contribution < -0.4 is 15.2 Å². The number of hydrogen-bond donors (Lipinski definition) is 1. The molecule has 0 aromatic heterocycles. The number of nitrogens with two attached hydrogens (primary N) is 1. The highest BCUT2D eigenvalue weighted by Gasteiger charge is 2.35. The van der Waals surface area contributed by atoms with Gasteiger partial charge in [-0.15, -0.1) is 0 Å². The summed E-state index contributed by atoms with van der Waals surface area (Å²) in [6, 6.07) is 6.05. The molecule has 1 unspecified atom stereocenters. The minimum atomic E-state index is -0.164. The predicted molar refractivity (Wildman–Crippen MR) is 72.6 cm³/mol. The van der Waals surface area contributed by atoms with Crippen LogP contribution >= 0.6 is 0 Å². The van der Waals surface area contributed by atoms with Crippen LogP contribution in [0.25, 0.3) is 0 Å². The van der Waals surface area contributed by atoms with Gasteiger partial charge < -0.3 is 19.9 Å². The van der Waals surface area contributed by atoms with Crippen LogP contribution in [0.4, 0.5) is 0 Å². The number of hydrogen-bond acceptors (Lipinski definition) is 4. The van der Waals surface area contributed by atoms with Crippen LogP contribution in [0.2, 0.25) is 0 Å². The molecule has 2 N–H and O–H groups in total. The van der Waals surface area contributed by atoms with Crippen LogP contribution in [0.15, 0.2) is 18.2 Å². The predicted octanol–water partition coefficient (Wildman–Crippen LogP) is 2.20. The van der Waals surface area contributed by atoms with E-state index in [1.54, 1.807) is 7.11 Å². The summed E-state index contributed by atoms with van der Waals surface area (Å²) in [6.45, 7) is 1.43. The third-order valence-electron chi connectivity index (χ3n) is 4.17. The van der Waals surface area contributed by atoms with E-state index < -0.39 is 0 Å². The SMILES string of the molecule is COc1cc(C2(N)CCC2)ccc1OC1CCOC1. The van der Waals surface area contributed by atoms with E-state index in [-0.39, 0.29) is 11.6 Å². The lowest BCUT2D eigenvalue weighted by Gasteiger charge is -2.38. The Kier molecular flexibility index (Phi) is 3.37. The van der Waals surface area contributed by atoms with Gasteiger partial charge in [0.2, 0.25) is 0 Å². The highest BCUT2D eigenvalue weighted by Crippen LogP contribution is 2.41. The van der Waals surface area contributed by atoms with Crippen molar-refractivity contribution in [2.75, 3.05) is 20.3 Å². The molecule has 1 aromatic carbocycles. The topological polar surface area (TPSA) is 53.7 Å². The van der Waals surface area contributed by atoms with Gasteiger partial charge in [0.05, 0.1) is 20.3 Å². The van der Waals surface area contributed by atoms with Gasteiger partial charge in [-0.3, -0.25) is 0 Å². The van der Waals surface area contributed by atoms with Crippen LogP contribution in [0.1, 0.15) is 31.2 Å². The van der Waals surface area contributed by atoms with E-state index in [9.17, 15) is 0 Å². The first kappa shape index (κ1) is 12.8. The molecule has 0 spiro atoms. The Hall–Kier alpha value is -1.26. The first-order chi connectivity index (χ1) is 9.21. The molecule has 1 saturated heterocycles. The zero-order valence-corrected chi connectivity index (χ0v) is 11.4. The van der Waals surface area contributed by atoms with Crippen molar-refractivity contribution in [3.05, 3.63) is 23.8 Å². The quantitative estimate of drug-likeness (QED) is 0.904. The zero-order valence-electron chi connectivity index (χ0n) is 11.4. The number of rotatable bonds is 4. The monoisotopic (exact) mass is 263 g/mol. The second-order valence-electron chi connectivity index (χ2n) is 5.48. The van der Waals surface area contributed by atoms with Crippen LogP contribution in [0.5, 0.6) is 11.5 Å². The van der Waals surface area contributed by atoms with Gasteiger partial charge in [-0.05, 0) is 37.0 Å². The Morgan fingerprint density at radius 1 is 1.32 bits per heavy atom. The first-order valence-electron chi connectivity index (χ1n) is 6.93. The molecule has 1 aliphatic heterocycles. The van der Waals surface area contributed by atoms with Crippen molar-refractivity contribution in [2.24, 2.45) is 5.73 Å². The summed E-state index contributed by atoms with van der Waals surface area (Å²) in [5.41, 5.74) is 7.32. The van der Waals surface area contributed by atoms with Gasteiger partial charge in [-0.25, -0.2) is 0 Å². The smallest absolute Gasteiger partial charge is 0.161 e. The highest BCUT2D eigenvalue weighted by atomic mass is 16.6. The molecule has 1 heterocycles. The Morgan fingerprint density at radius 2 is 2.16 bits per heavy atom. The summed E-state index contributed by atoms with van der Waals surface area (Å²) in [6.07, 6.45) is 4.37. The molecule has 1 aromatic rings. The second kappa shape index (κ2) is 5.02. The fourth-order valence-corrected chi connectivity index (χ4v) is 2.71. The molecule has 104 valence electrons. The summed E-state index contributed by atoms with van der Waals surface area (Å²) in [7, 11) is 1.67. The average molecular weight is 263 g/mol. The van der Waals surface area contributed by atoms with E-state index in [1.165, 1.54) is 6.42 Å². The van der Waals surface area contributed by atoms with E-state index in [2.05, 4.69) is 6.07 Å². The maximum atomic E-state index is 6.35. The Balaban J connectivity index is 1.80. The molecule has 2 fully saturated rings. The van der Waals surface area contributed by atoms with E-state index in [4.69, 9.17) is 19.9 Å². The number of ether oxygens (including phenoxy) is 3. The summed E-state index contributed by atoms with van der Waals surface area (Å²) in [5, 5.41) is 0. The van der Waals surface area contributed by atoms with E-state index >= 15 is 0 Å². The van der Waals surface area contributed by atoms with Gasteiger partial charge in [0.15, 0.2) is 11.5 Å². The van der Waals surface area contributed by atoms with Crippen molar-refractivity contribution in [2.45, 2.75) is 37.3 Å². The maximum Gasteiger partial charge on any atom is 0.161 e. The number of methoxy groups -OCH3 is 1. The molecule has 0 radical (unpaired) electrons. The molecule has 0 bridgehead atoms. The van der Waals surface area contributed by atoms with Crippen molar-refractivity contribution in [3.63, 3.8) is 0 Å². The lowest BCUT2D eigenvalue weighted by atomic mass is 9.73. The van der Waals surface area contributed by atoms with Crippen LogP contribution in [-0.2, 0) is 10.3 Å². The van der Waals surface area contributed by atoms with Crippen molar-refractivity contribution >= 4 is 0 Å². The van der Waals surface area contributed by atoms with Gasteiger partial charge in [-0.1, -0.05) is 6.07 Å². The summed E-state index contributed by atoms with van der Waals surface area (Å²) >= 11 is 0. The Labute approximate surface area is 113 Å². The molecule has 0 amide bonds. The lowest BCUT2D eigenvalue weighted by Crippen LogP contribution is -2.43. The minimum absolute atomic E-state index is 0.135. The minimum Gasteiger partial charge on any atom is -0.493 e. The molecule has 1 atom stereocenters. The van der Waals surface area contributed by atoms with Crippen molar-refractivity contribution in [1.82, 2.24) is 0 Å². The molecule has 2 aliphatic rings. The van der Waals surface area contributed by atoms with Gasteiger partial charge in [-0.2, -0.15) is 0 Å². The van der Waals surface area contributed by atoms with Gasteiger partial charge in [0, 0.05) is 12.0 Å². The molecule has 3 rings (SSSR count). The van der Waals surface area contributed by atoms with E-state index in [1.807, 2.05) is 12.1 Å². The maximum absolute atomic E-state index is 6.35. The molecule has 1 aliphatic carbocycles. The third-order valence-corrected chi connectivity index (χ3v) is 4.17. The third kappa shape index (κ3) is 2.42. The largest absolute Gasteiger partial charge is 0.493 e. The summed E-state index contributed by atoms with van der Waals surface area (Å²) in [4.78, 5) is 0. The second-order valence-corrected chi connectivity index (χ2v) is 5.48. The van der Waals surface area contributed by atoms with Crippen molar-refractivity contribution in [3.8, 4) is 11.5 Å². The highest BCUT2D eigenvalue weighted by molar-refractivity contribution is 5.45. The fraction of sp³-hybridized carbons (Fsp3) is 0.600. The summed E-state index contributed by atoms with van der Waals surface area (Å²) < 4.78 is 16.7. The molecular formula is C15H21NO3. The molecule has 4 heteroatoms. The van der Waals surface area contributed by atoms with E-state index in [0.717, 1.165) is 42.9 Å². The van der Waals surface area contributed by atoms with Crippen LogP contribution in [0.3, 0.4) is 0 Å².